The molecule has 1 aliphatic carbocycles. The van der Waals surface area contributed by atoms with E-state index in [1.807, 2.05) is 0 Å². The minimum atomic E-state index is -0.151. The van der Waals surface area contributed by atoms with Crippen LogP contribution in [0.15, 0.2) is 21.2 Å². The topological polar surface area (TPSA) is 74.1 Å². The summed E-state index contributed by atoms with van der Waals surface area (Å²) in [6, 6.07) is 3.34. The molecule has 0 unspecified atom stereocenters. The molecule has 128 valence electrons. The first-order valence-electron chi connectivity index (χ1n) is 8.22. The van der Waals surface area contributed by atoms with E-state index in [2.05, 4.69) is 15.9 Å². The Kier molecular flexibility index (Phi) is 3.86. The first-order valence-corrected chi connectivity index (χ1v) is 9.01. The van der Waals surface area contributed by atoms with Gasteiger partial charge in [0.15, 0.2) is 10.4 Å². The zero-order valence-corrected chi connectivity index (χ0v) is 14.7. The SMILES string of the molecule is O=C(c1ccc(Br)o1)N1CCC(N2CC(=O)N(C3CC3)C2=O)CC1. The number of furan rings is 1. The number of urea groups is 1. The highest BCUT2D eigenvalue weighted by molar-refractivity contribution is 9.10. The van der Waals surface area contributed by atoms with Crippen LogP contribution in [-0.4, -0.2) is 64.3 Å². The average molecular weight is 396 g/mol. The first kappa shape index (κ1) is 15.7. The van der Waals surface area contributed by atoms with E-state index in [1.54, 1.807) is 21.9 Å². The standard InChI is InChI=1S/C16H18BrN3O4/c17-13-4-3-12(24-13)15(22)18-7-5-10(6-8-18)19-9-14(21)20(16(19)23)11-1-2-11/h3-4,10-11H,1-2,5-9H2. The lowest BCUT2D eigenvalue weighted by molar-refractivity contribution is -0.125. The lowest BCUT2D eigenvalue weighted by atomic mass is 10.0. The highest BCUT2D eigenvalue weighted by Crippen LogP contribution is 2.32. The van der Waals surface area contributed by atoms with Gasteiger partial charge in [-0.1, -0.05) is 0 Å². The molecule has 4 rings (SSSR count). The molecule has 0 aromatic carbocycles. The van der Waals surface area contributed by atoms with Crippen LogP contribution in [0.25, 0.3) is 0 Å². The van der Waals surface area contributed by atoms with Gasteiger partial charge in [0.1, 0.15) is 6.54 Å². The molecule has 3 fully saturated rings. The van der Waals surface area contributed by atoms with E-state index in [1.165, 1.54) is 4.90 Å². The average Bonchev–Trinajstić information content (AvgIpc) is 3.24. The van der Waals surface area contributed by atoms with Crippen LogP contribution < -0.4 is 0 Å². The van der Waals surface area contributed by atoms with Gasteiger partial charge in [-0.05, 0) is 53.7 Å². The fourth-order valence-electron chi connectivity index (χ4n) is 3.48. The van der Waals surface area contributed by atoms with Crippen molar-refractivity contribution < 1.29 is 18.8 Å². The molecule has 0 N–H and O–H groups in total. The van der Waals surface area contributed by atoms with E-state index in [4.69, 9.17) is 4.42 Å². The summed E-state index contributed by atoms with van der Waals surface area (Å²) >= 11 is 3.20. The Morgan fingerprint density at radius 2 is 1.79 bits per heavy atom. The Balaban J connectivity index is 1.37. The molecule has 0 radical (unpaired) electrons. The van der Waals surface area contributed by atoms with Crippen LogP contribution in [-0.2, 0) is 4.79 Å². The molecule has 8 heteroatoms. The number of rotatable bonds is 3. The van der Waals surface area contributed by atoms with Crippen molar-refractivity contribution in [2.45, 2.75) is 37.8 Å². The maximum Gasteiger partial charge on any atom is 0.327 e. The molecule has 7 nitrogen and oxygen atoms in total. The second kappa shape index (κ2) is 5.91. The molecule has 0 bridgehead atoms. The van der Waals surface area contributed by atoms with Crippen molar-refractivity contribution in [3.05, 3.63) is 22.6 Å². The first-order chi connectivity index (χ1) is 11.5. The van der Waals surface area contributed by atoms with E-state index in [0.717, 1.165) is 12.8 Å². The third-order valence-electron chi connectivity index (χ3n) is 4.91. The number of carbonyl (C=O) groups is 3. The van der Waals surface area contributed by atoms with Gasteiger partial charge in [-0.15, -0.1) is 0 Å². The second-order valence-corrected chi connectivity index (χ2v) is 7.31. The maximum absolute atomic E-state index is 12.5. The highest BCUT2D eigenvalue weighted by atomic mass is 79.9. The number of imide groups is 1. The maximum atomic E-state index is 12.5. The van der Waals surface area contributed by atoms with Crippen LogP contribution >= 0.6 is 15.9 Å². The van der Waals surface area contributed by atoms with Crippen LogP contribution in [0.4, 0.5) is 4.79 Å². The van der Waals surface area contributed by atoms with Gasteiger partial charge in [0.05, 0.1) is 0 Å². The Morgan fingerprint density at radius 3 is 2.38 bits per heavy atom. The molecule has 1 aromatic rings. The summed E-state index contributed by atoms with van der Waals surface area (Å²) in [6.07, 6.45) is 3.23. The van der Waals surface area contributed by atoms with Gasteiger partial charge in [-0.3, -0.25) is 14.5 Å². The molecule has 3 heterocycles. The number of likely N-dealkylation sites (tertiary alicyclic amines) is 1. The zero-order valence-electron chi connectivity index (χ0n) is 13.1. The van der Waals surface area contributed by atoms with Crippen molar-refractivity contribution >= 4 is 33.8 Å². The number of amides is 4. The molecule has 0 spiro atoms. The van der Waals surface area contributed by atoms with Crippen molar-refractivity contribution in [1.82, 2.24) is 14.7 Å². The van der Waals surface area contributed by atoms with Crippen LogP contribution in [0, 0.1) is 0 Å². The molecule has 3 aliphatic rings. The summed E-state index contributed by atoms with van der Waals surface area (Å²) in [5.74, 6) is 0.0942. The monoisotopic (exact) mass is 395 g/mol. The second-order valence-electron chi connectivity index (χ2n) is 6.53. The molecule has 24 heavy (non-hydrogen) atoms. The van der Waals surface area contributed by atoms with Crippen LogP contribution in [0.1, 0.15) is 36.2 Å². The molecule has 0 atom stereocenters. The Hall–Kier alpha value is -1.83. The summed E-state index contributed by atoms with van der Waals surface area (Å²) in [6.45, 7) is 1.30. The number of nitrogens with zero attached hydrogens (tertiary/aromatic N) is 3. The van der Waals surface area contributed by atoms with Gasteiger partial charge >= 0.3 is 6.03 Å². The number of halogens is 1. The summed E-state index contributed by atoms with van der Waals surface area (Å²) in [5, 5.41) is 0. The normalized spacial score (nSPS) is 22.6. The Bertz CT molecular complexity index is 691. The van der Waals surface area contributed by atoms with Crippen LogP contribution in [0.5, 0.6) is 0 Å². The van der Waals surface area contributed by atoms with Gasteiger partial charge in [-0.25, -0.2) is 4.79 Å². The number of hydrogen-bond acceptors (Lipinski definition) is 4. The third-order valence-corrected chi connectivity index (χ3v) is 5.34. The summed E-state index contributed by atoms with van der Waals surface area (Å²) in [4.78, 5) is 41.8. The van der Waals surface area contributed by atoms with Crippen molar-refractivity contribution in [3.63, 3.8) is 0 Å². The molecule has 1 saturated carbocycles. The molecule has 2 aliphatic heterocycles. The Morgan fingerprint density at radius 1 is 1.08 bits per heavy atom. The molecule has 1 aromatic heterocycles. The van der Waals surface area contributed by atoms with Gasteiger partial charge in [0.2, 0.25) is 0 Å². The fourth-order valence-corrected chi connectivity index (χ4v) is 3.78. The number of carbonyl (C=O) groups excluding carboxylic acids is 3. The number of piperidine rings is 1. The van der Waals surface area contributed by atoms with Crippen molar-refractivity contribution in [1.29, 1.82) is 0 Å². The number of hydrogen-bond donors (Lipinski definition) is 0. The van der Waals surface area contributed by atoms with Gasteiger partial charge in [-0.2, -0.15) is 0 Å². The largest absolute Gasteiger partial charge is 0.444 e. The van der Waals surface area contributed by atoms with E-state index < -0.39 is 0 Å². The lowest BCUT2D eigenvalue weighted by Crippen LogP contribution is -2.48. The predicted molar refractivity (Wildman–Crippen MR) is 87.3 cm³/mol. The van der Waals surface area contributed by atoms with Crippen LogP contribution in [0.3, 0.4) is 0 Å². The quantitative estimate of drug-likeness (QED) is 0.734. The molecular weight excluding hydrogens is 378 g/mol. The van der Waals surface area contributed by atoms with Gasteiger partial charge in [0, 0.05) is 25.2 Å². The molecular formula is C16H18BrN3O4. The van der Waals surface area contributed by atoms with Crippen molar-refractivity contribution in [2.24, 2.45) is 0 Å². The van der Waals surface area contributed by atoms with Crippen molar-refractivity contribution in [2.75, 3.05) is 19.6 Å². The molecule has 4 amide bonds. The van der Waals surface area contributed by atoms with E-state index in [0.29, 0.717) is 36.4 Å². The molecule has 2 saturated heterocycles. The Labute approximate surface area is 147 Å². The fraction of sp³-hybridized carbons (Fsp3) is 0.562. The lowest BCUT2D eigenvalue weighted by Gasteiger charge is -2.35. The van der Waals surface area contributed by atoms with Crippen LogP contribution in [0.2, 0.25) is 0 Å². The minimum absolute atomic E-state index is 0.0255. The smallest absolute Gasteiger partial charge is 0.327 e. The van der Waals surface area contributed by atoms with E-state index in [9.17, 15) is 14.4 Å². The van der Waals surface area contributed by atoms with E-state index >= 15 is 0 Å². The minimum Gasteiger partial charge on any atom is -0.444 e. The summed E-state index contributed by atoms with van der Waals surface area (Å²) in [7, 11) is 0. The zero-order chi connectivity index (χ0) is 16.8. The van der Waals surface area contributed by atoms with E-state index in [-0.39, 0.29) is 36.5 Å². The summed E-state index contributed by atoms with van der Waals surface area (Å²) in [5.41, 5.74) is 0. The van der Waals surface area contributed by atoms with Gasteiger partial charge in [0.25, 0.3) is 11.8 Å². The van der Waals surface area contributed by atoms with Gasteiger partial charge < -0.3 is 14.2 Å². The van der Waals surface area contributed by atoms with Crippen molar-refractivity contribution in [3.8, 4) is 0 Å². The third kappa shape index (κ3) is 2.72. The predicted octanol–water partition coefficient (Wildman–Crippen LogP) is 2.07. The highest BCUT2D eigenvalue weighted by Gasteiger charge is 2.47. The summed E-state index contributed by atoms with van der Waals surface area (Å²) < 4.78 is 5.84.